The Morgan fingerprint density at radius 1 is 0.741 bits per heavy atom. The minimum atomic E-state index is 0.217. The average Bonchev–Trinajstić information content (AvgIpc) is 2.47. The van der Waals surface area contributed by atoms with E-state index in [2.05, 4.69) is 65.2 Å². The molecule has 0 aromatic heterocycles. The summed E-state index contributed by atoms with van der Waals surface area (Å²) in [4.78, 5) is 17.6. The monoisotopic (exact) mass is 378 g/mol. The number of hydrogen-bond acceptors (Lipinski definition) is 1. The smallest absolute Gasteiger partial charge is 0.319 e. The van der Waals surface area contributed by atoms with Crippen LogP contribution < -0.4 is 0 Å². The van der Waals surface area contributed by atoms with E-state index in [9.17, 15) is 4.79 Å². The van der Waals surface area contributed by atoms with Crippen LogP contribution in [-0.2, 0) is 0 Å². The van der Waals surface area contributed by atoms with Gasteiger partial charge in [-0.3, -0.25) is 0 Å². The molecule has 0 spiro atoms. The van der Waals surface area contributed by atoms with Crippen LogP contribution in [0.4, 0.5) is 4.79 Å². The number of rotatable bonds is 3. The molecule has 3 nitrogen and oxygen atoms in total. The van der Waals surface area contributed by atoms with Crippen LogP contribution in [0.3, 0.4) is 0 Å². The molecule has 158 valence electrons. The summed E-state index contributed by atoms with van der Waals surface area (Å²) in [5, 5.41) is 0. The molecule has 0 aromatic rings. The van der Waals surface area contributed by atoms with Crippen LogP contribution in [0.25, 0.3) is 0 Å². The van der Waals surface area contributed by atoms with Gasteiger partial charge in [0, 0.05) is 26.2 Å². The van der Waals surface area contributed by atoms with E-state index in [0.29, 0.717) is 33.7 Å². The van der Waals surface area contributed by atoms with E-state index in [-0.39, 0.29) is 6.03 Å². The Bertz CT molecular complexity index is 535. The highest BCUT2D eigenvalue weighted by Crippen LogP contribution is 2.50. The molecule has 2 saturated carbocycles. The zero-order valence-electron chi connectivity index (χ0n) is 19.9. The second-order valence-corrected chi connectivity index (χ2v) is 12.6. The fourth-order valence-electron chi connectivity index (χ4n) is 6.74. The summed E-state index contributed by atoms with van der Waals surface area (Å²) in [5.74, 6) is 0. The van der Waals surface area contributed by atoms with E-state index in [1.807, 2.05) is 14.1 Å². The third-order valence-corrected chi connectivity index (χ3v) is 7.51. The fourth-order valence-corrected chi connectivity index (χ4v) is 6.74. The van der Waals surface area contributed by atoms with Crippen molar-refractivity contribution in [1.29, 1.82) is 0 Å². The van der Waals surface area contributed by atoms with E-state index < -0.39 is 0 Å². The molecule has 0 aromatic carbocycles. The van der Waals surface area contributed by atoms with Crippen molar-refractivity contribution in [2.45, 2.75) is 112 Å². The van der Waals surface area contributed by atoms with Gasteiger partial charge in [0.25, 0.3) is 0 Å². The third kappa shape index (κ3) is 5.41. The summed E-state index contributed by atoms with van der Waals surface area (Å²) in [6.45, 7) is 18.9. The standard InChI is InChI=1S/C24H46N2O/c1-11-24(8)15-19(14-23(6,7)17-24)26(10)20(27)25(9)18-12-21(2,3)16-22(4,5)13-18/h18-19H,11-17H2,1-10H3. The summed E-state index contributed by atoms with van der Waals surface area (Å²) in [6.07, 6.45) is 8.14. The highest BCUT2D eigenvalue weighted by atomic mass is 16.2. The average molecular weight is 379 g/mol. The zero-order chi connectivity index (χ0) is 20.8. The number of nitrogens with zero attached hydrogens (tertiary/aromatic N) is 2. The Kier molecular flexibility index (Phi) is 6.07. The van der Waals surface area contributed by atoms with Gasteiger partial charge >= 0.3 is 6.03 Å². The highest BCUT2D eigenvalue weighted by molar-refractivity contribution is 5.74. The van der Waals surface area contributed by atoms with E-state index in [1.54, 1.807) is 0 Å². The first-order chi connectivity index (χ1) is 12.1. The molecule has 27 heavy (non-hydrogen) atoms. The maximum atomic E-state index is 13.4. The summed E-state index contributed by atoms with van der Waals surface area (Å²) < 4.78 is 0. The Morgan fingerprint density at radius 2 is 1.11 bits per heavy atom. The lowest BCUT2D eigenvalue weighted by molar-refractivity contribution is 0.0144. The molecule has 0 aliphatic heterocycles. The fraction of sp³-hybridized carbons (Fsp3) is 0.958. The van der Waals surface area contributed by atoms with Crippen LogP contribution in [0.1, 0.15) is 100 Å². The summed E-state index contributed by atoms with van der Waals surface area (Å²) in [7, 11) is 4.08. The van der Waals surface area contributed by atoms with Gasteiger partial charge in [0.05, 0.1) is 0 Å². The van der Waals surface area contributed by atoms with Crippen molar-refractivity contribution in [3.05, 3.63) is 0 Å². The van der Waals surface area contributed by atoms with Gasteiger partial charge in [-0.15, -0.1) is 0 Å². The van der Waals surface area contributed by atoms with Gasteiger partial charge < -0.3 is 9.80 Å². The van der Waals surface area contributed by atoms with Gasteiger partial charge in [-0.25, -0.2) is 4.79 Å². The molecule has 0 radical (unpaired) electrons. The first kappa shape index (κ1) is 22.6. The number of carbonyl (C=O) groups excluding carboxylic acids is 1. The quantitative estimate of drug-likeness (QED) is 0.545. The van der Waals surface area contributed by atoms with Crippen LogP contribution in [0.2, 0.25) is 0 Å². The molecule has 0 N–H and O–H groups in total. The first-order valence-corrected chi connectivity index (χ1v) is 11.1. The predicted molar refractivity (Wildman–Crippen MR) is 116 cm³/mol. The second kappa shape index (κ2) is 7.26. The maximum absolute atomic E-state index is 13.4. The largest absolute Gasteiger partial charge is 0.325 e. The van der Waals surface area contributed by atoms with E-state index in [0.717, 1.165) is 25.7 Å². The van der Waals surface area contributed by atoms with Gasteiger partial charge in [-0.1, -0.05) is 61.8 Å². The molecule has 2 unspecified atom stereocenters. The molecule has 2 aliphatic carbocycles. The highest BCUT2D eigenvalue weighted by Gasteiger charge is 2.45. The molecular weight excluding hydrogens is 332 g/mol. The molecule has 2 fully saturated rings. The molecule has 0 heterocycles. The van der Waals surface area contributed by atoms with Crippen molar-refractivity contribution in [1.82, 2.24) is 9.80 Å². The second-order valence-electron chi connectivity index (χ2n) is 12.6. The zero-order valence-corrected chi connectivity index (χ0v) is 19.9. The van der Waals surface area contributed by atoms with Crippen LogP contribution in [0, 0.1) is 21.7 Å². The molecule has 3 heteroatoms. The van der Waals surface area contributed by atoms with Crippen molar-refractivity contribution >= 4 is 6.03 Å². The maximum Gasteiger partial charge on any atom is 0.319 e. The van der Waals surface area contributed by atoms with Crippen molar-refractivity contribution in [3.63, 3.8) is 0 Å². The number of urea groups is 1. The van der Waals surface area contributed by atoms with Crippen LogP contribution >= 0.6 is 0 Å². The molecule has 0 bridgehead atoms. The summed E-state index contributed by atoms with van der Waals surface area (Å²) in [5.41, 5.74) is 1.24. The lowest BCUT2D eigenvalue weighted by Crippen LogP contribution is -2.54. The Balaban J connectivity index is 2.14. The van der Waals surface area contributed by atoms with Gasteiger partial charge in [-0.2, -0.15) is 0 Å². The predicted octanol–water partition coefficient (Wildman–Crippen LogP) is 6.57. The van der Waals surface area contributed by atoms with Crippen LogP contribution in [-0.4, -0.2) is 42.0 Å². The Labute approximate surface area is 169 Å². The topological polar surface area (TPSA) is 23.6 Å². The molecular formula is C24H46N2O. The lowest BCUT2D eigenvalue weighted by atomic mass is 9.61. The van der Waals surface area contributed by atoms with E-state index >= 15 is 0 Å². The minimum Gasteiger partial charge on any atom is -0.325 e. The third-order valence-electron chi connectivity index (χ3n) is 7.51. The molecule has 2 rings (SSSR count). The summed E-state index contributed by atoms with van der Waals surface area (Å²) >= 11 is 0. The molecule has 2 amide bonds. The van der Waals surface area contributed by atoms with Crippen molar-refractivity contribution < 1.29 is 4.79 Å². The van der Waals surface area contributed by atoms with Crippen molar-refractivity contribution in [3.8, 4) is 0 Å². The van der Waals surface area contributed by atoms with Gasteiger partial charge in [0.2, 0.25) is 0 Å². The number of carbonyl (C=O) groups is 1. The van der Waals surface area contributed by atoms with E-state index in [1.165, 1.54) is 19.3 Å². The molecule has 0 saturated heterocycles. The Morgan fingerprint density at radius 3 is 1.52 bits per heavy atom. The Hall–Kier alpha value is -0.730. The minimum absolute atomic E-state index is 0.217. The number of amides is 2. The van der Waals surface area contributed by atoms with Crippen molar-refractivity contribution in [2.24, 2.45) is 21.7 Å². The molecule has 2 aliphatic rings. The SMILES string of the molecule is CCC1(C)CC(N(C)C(=O)N(C)C2CC(C)(C)CC(C)(C)C2)CC(C)(C)C1. The van der Waals surface area contributed by atoms with Gasteiger partial charge in [0.1, 0.15) is 0 Å². The van der Waals surface area contributed by atoms with E-state index in [4.69, 9.17) is 0 Å². The van der Waals surface area contributed by atoms with Gasteiger partial charge in [-0.05, 0) is 60.2 Å². The normalized spacial score (nSPS) is 32.7. The van der Waals surface area contributed by atoms with Gasteiger partial charge in [0.15, 0.2) is 0 Å². The van der Waals surface area contributed by atoms with Crippen molar-refractivity contribution in [2.75, 3.05) is 14.1 Å². The lowest BCUT2D eigenvalue weighted by Gasteiger charge is -2.51. The molecule has 2 atom stereocenters. The number of hydrogen-bond donors (Lipinski definition) is 0. The summed E-state index contributed by atoms with van der Waals surface area (Å²) in [6, 6.07) is 0.903. The van der Waals surface area contributed by atoms with Crippen LogP contribution in [0.5, 0.6) is 0 Å². The van der Waals surface area contributed by atoms with Crippen LogP contribution in [0.15, 0.2) is 0 Å². The first-order valence-electron chi connectivity index (χ1n) is 11.1.